The summed E-state index contributed by atoms with van der Waals surface area (Å²) in [4.78, 5) is 85.9. The first kappa shape index (κ1) is 35.4. The summed E-state index contributed by atoms with van der Waals surface area (Å²) in [6.45, 7) is -3.85. The van der Waals surface area contributed by atoms with Gasteiger partial charge in [-0.2, -0.15) is 0 Å². The van der Waals surface area contributed by atoms with E-state index < -0.39 is 123 Å². The predicted octanol–water partition coefficient (Wildman–Crippen LogP) is -6.48. The van der Waals surface area contributed by atoms with Crippen LogP contribution in [0.5, 0.6) is 0 Å². The summed E-state index contributed by atoms with van der Waals surface area (Å²) >= 11 is 0. The average molecular weight is 708 g/mol. The maximum atomic E-state index is 13.2. The molecule has 3 aliphatic heterocycles. The van der Waals surface area contributed by atoms with Gasteiger partial charge in [-0.15, -0.1) is 0 Å². The van der Waals surface area contributed by atoms with Crippen molar-refractivity contribution in [2.75, 3.05) is 13.2 Å². The number of aromatic amines is 2. The number of hydrogen-bond donors (Lipinski definition) is 8. The number of carbonyl (C=O) groups is 2. The molecule has 1 unspecified atom stereocenters. The van der Waals surface area contributed by atoms with E-state index in [9.17, 15) is 53.5 Å². The molecule has 10 N–H and O–H groups in total. The lowest BCUT2D eigenvalue weighted by atomic mass is 10.1. The number of hydrogen-bond acceptors (Lipinski definition) is 17. The van der Waals surface area contributed by atoms with Crippen LogP contribution >= 0.6 is 7.82 Å². The smallest absolute Gasteiger partial charge is 0.394 e. The summed E-state index contributed by atoms with van der Waals surface area (Å²) in [7, 11) is -5.31. The van der Waals surface area contributed by atoms with Gasteiger partial charge < -0.3 is 55.4 Å². The Morgan fingerprint density at radius 2 is 1.35 bits per heavy atom. The van der Waals surface area contributed by atoms with Crippen molar-refractivity contribution >= 4 is 19.6 Å². The number of aliphatic hydroxyl groups excluding tert-OH is 3. The molecular weight excluding hydrogens is 679 g/mol. The number of amides is 2. The van der Waals surface area contributed by atoms with Crippen LogP contribution in [0.2, 0.25) is 0 Å². The van der Waals surface area contributed by atoms with E-state index in [0.717, 1.165) is 33.7 Å². The van der Waals surface area contributed by atoms with Crippen LogP contribution < -0.4 is 34.0 Å². The first-order valence-corrected chi connectivity index (χ1v) is 15.2. The number of nitrogens with zero attached hydrogens (tertiary/aromatic N) is 2. The maximum absolute atomic E-state index is 13.2. The molecule has 24 nitrogen and oxygen atoms in total. The Morgan fingerprint density at radius 3 is 1.85 bits per heavy atom. The van der Waals surface area contributed by atoms with E-state index in [0.29, 0.717) is 0 Å². The number of nitrogens with one attached hydrogen (secondary N) is 2. The molecule has 2 aromatic rings. The van der Waals surface area contributed by atoms with Crippen molar-refractivity contribution < 1.29 is 67.1 Å². The van der Waals surface area contributed by atoms with Crippen LogP contribution in [-0.2, 0) is 46.9 Å². The number of H-pyrrole nitrogens is 2. The molecule has 0 spiro atoms. The van der Waals surface area contributed by atoms with Crippen molar-refractivity contribution in [3.05, 3.63) is 66.2 Å². The van der Waals surface area contributed by atoms with Crippen molar-refractivity contribution in [3.8, 4) is 0 Å². The van der Waals surface area contributed by atoms with Gasteiger partial charge in [-0.25, -0.2) is 14.2 Å². The minimum Gasteiger partial charge on any atom is -0.394 e. The second-order valence-corrected chi connectivity index (χ2v) is 11.9. The van der Waals surface area contributed by atoms with Gasteiger partial charge in [-0.05, 0) is 0 Å². The summed E-state index contributed by atoms with van der Waals surface area (Å²) in [5, 5.41) is 30.9. The Labute approximate surface area is 264 Å². The molecule has 0 saturated carbocycles. The van der Waals surface area contributed by atoms with Gasteiger partial charge >= 0.3 is 19.2 Å². The maximum Gasteiger partial charge on any atom is 0.472 e. The molecule has 0 radical (unpaired) electrons. The van der Waals surface area contributed by atoms with Gasteiger partial charge in [0.05, 0.1) is 13.2 Å². The van der Waals surface area contributed by atoms with Crippen LogP contribution in [0.25, 0.3) is 0 Å². The lowest BCUT2D eigenvalue weighted by Gasteiger charge is -2.28. The SMILES string of the molecule is NC(=O)[C@@H]1OC(O[C@@H]2[C@H](OP(=O)(O)OC[C@H]3O[C@@H](n4ccc(=O)[nH]c4=O)[C@H](O)[C@@H]3O)[C@@H](CO)O[C@H]2n2ccc(=O)[nH]c2=O)O[C@H]1C(N)=O. The van der Waals surface area contributed by atoms with Gasteiger partial charge in [-0.1, -0.05) is 0 Å². The molecule has 264 valence electrons. The zero-order chi connectivity index (χ0) is 35.1. The van der Waals surface area contributed by atoms with Gasteiger partial charge in [-0.3, -0.25) is 47.3 Å². The third kappa shape index (κ3) is 7.24. The Morgan fingerprint density at radius 1 is 0.833 bits per heavy atom. The van der Waals surface area contributed by atoms with E-state index in [1.165, 1.54) is 0 Å². The Balaban J connectivity index is 1.36. The van der Waals surface area contributed by atoms with E-state index in [1.807, 2.05) is 9.97 Å². The van der Waals surface area contributed by atoms with Crippen molar-refractivity contribution in [2.24, 2.45) is 11.5 Å². The third-order valence-corrected chi connectivity index (χ3v) is 8.31. The number of phosphoric acid groups is 1. The number of phosphoric ester groups is 1. The van der Waals surface area contributed by atoms with Crippen molar-refractivity contribution in [2.45, 2.75) is 67.8 Å². The van der Waals surface area contributed by atoms with Gasteiger partial charge in [0.2, 0.25) is 11.8 Å². The van der Waals surface area contributed by atoms with Gasteiger partial charge in [0.15, 0.2) is 24.7 Å². The highest BCUT2D eigenvalue weighted by molar-refractivity contribution is 7.47. The quantitative estimate of drug-likeness (QED) is 0.0950. The molecular formula is C23H29N6O18P. The van der Waals surface area contributed by atoms with Crippen LogP contribution in [-0.4, -0.2) is 120 Å². The summed E-state index contributed by atoms with van der Waals surface area (Å²) in [6.07, 6.45) is -15.1. The standard InChI is InChI=1S/C23H29N6O18P/c24-17(35)14-15(18(25)36)45-23(44-14)46-16-13(7(5-30)42-20(16)29-4-2-10(32)27-22(29)38)47-48(39,40)41-6-8-11(33)12(34)19(43-8)28-3-1-9(31)26-21(28)37/h1-4,7-8,11-16,19-20,23,30,33-34H,5-6H2,(H2,24,35)(H2,25,36)(H,39,40)(H,26,31,37)(H,27,32,38)/t7-,8-,11-,12-,13-,14-,15-,16-,19-,20-/m1/s1. The number of ether oxygens (including phenoxy) is 5. The fourth-order valence-electron chi connectivity index (χ4n) is 5.09. The Hall–Kier alpha value is -3.91. The summed E-state index contributed by atoms with van der Waals surface area (Å²) in [6, 6.07) is 1.86. The number of aromatic nitrogens is 4. The van der Waals surface area contributed by atoms with Gasteiger partial charge in [0.25, 0.3) is 17.6 Å². The van der Waals surface area contributed by atoms with Gasteiger partial charge in [0, 0.05) is 24.5 Å². The number of rotatable bonds is 12. The fraction of sp³-hybridized carbons (Fsp3) is 0.565. The zero-order valence-electron chi connectivity index (χ0n) is 24.1. The van der Waals surface area contributed by atoms with Gasteiger partial charge in [0.1, 0.15) is 36.6 Å². The van der Waals surface area contributed by atoms with E-state index in [-0.39, 0.29) is 0 Å². The second-order valence-electron chi connectivity index (χ2n) is 10.5. The lowest BCUT2D eigenvalue weighted by Crippen LogP contribution is -2.44. The molecule has 3 saturated heterocycles. The largest absolute Gasteiger partial charge is 0.472 e. The van der Waals surface area contributed by atoms with Crippen LogP contribution in [0, 0.1) is 0 Å². The van der Waals surface area contributed by atoms with E-state index in [1.54, 1.807) is 0 Å². The molecule has 3 fully saturated rings. The molecule has 48 heavy (non-hydrogen) atoms. The van der Waals surface area contributed by atoms with Crippen molar-refractivity contribution in [1.82, 2.24) is 19.1 Å². The van der Waals surface area contributed by atoms with Crippen molar-refractivity contribution in [1.29, 1.82) is 0 Å². The van der Waals surface area contributed by atoms with Crippen LogP contribution in [0.4, 0.5) is 0 Å². The van der Waals surface area contributed by atoms with E-state index in [4.69, 9.17) is 44.2 Å². The normalized spacial score (nSPS) is 33.5. The van der Waals surface area contributed by atoms with Crippen LogP contribution in [0.3, 0.4) is 0 Å². The monoisotopic (exact) mass is 708 g/mol. The molecule has 25 heteroatoms. The number of primary amides is 2. The van der Waals surface area contributed by atoms with E-state index >= 15 is 0 Å². The number of nitrogens with two attached hydrogens (primary N) is 2. The first-order valence-electron chi connectivity index (χ1n) is 13.7. The minimum absolute atomic E-state index is 0.746. The molecule has 0 aromatic carbocycles. The molecule has 5 heterocycles. The molecule has 5 rings (SSSR count). The second kappa shape index (κ2) is 13.9. The van der Waals surface area contributed by atoms with Crippen LogP contribution in [0.15, 0.2) is 43.7 Å². The molecule has 11 atom stereocenters. The summed E-state index contributed by atoms with van der Waals surface area (Å²) < 4.78 is 52.1. The topological polar surface area (TPSA) is 358 Å². The summed E-state index contributed by atoms with van der Waals surface area (Å²) in [5.74, 6) is -2.35. The highest BCUT2D eigenvalue weighted by Crippen LogP contribution is 2.50. The van der Waals surface area contributed by atoms with Crippen LogP contribution in [0.1, 0.15) is 12.5 Å². The Kier molecular flexibility index (Phi) is 10.3. The van der Waals surface area contributed by atoms with Crippen molar-refractivity contribution in [3.63, 3.8) is 0 Å². The average Bonchev–Trinajstić information content (AvgIpc) is 3.67. The molecule has 3 aliphatic rings. The summed E-state index contributed by atoms with van der Waals surface area (Å²) in [5.41, 5.74) is 6.85. The zero-order valence-corrected chi connectivity index (χ0v) is 25.0. The Bertz CT molecular complexity index is 1790. The highest BCUT2D eigenvalue weighted by Gasteiger charge is 2.54. The van der Waals surface area contributed by atoms with E-state index in [2.05, 4.69) is 0 Å². The molecule has 2 aromatic heterocycles. The number of carbonyl (C=O) groups excluding carboxylic acids is 2. The molecule has 0 bridgehead atoms. The third-order valence-electron chi connectivity index (χ3n) is 7.33. The fourth-order valence-corrected chi connectivity index (χ4v) is 6.05. The minimum atomic E-state index is -5.31. The highest BCUT2D eigenvalue weighted by atomic mass is 31.2. The number of aliphatic hydroxyl groups is 3. The molecule has 0 aliphatic carbocycles. The molecule has 2 amide bonds. The predicted molar refractivity (Wildman–Crippen MR) is 147 cm³/mol. The lowest BCUT2D eigenvalue weighted by molar-refractivity contribution is -0.278. The first-order chi connectivity index (χ1) is 22.6.